The third-order valence-electron chi connectivity index (χ3n) is 6.39. The first-order valence-corrected chi connectivity index (χ1v) is 10.7. The number of phenolic OH excluding ortho intramolecular Hbond substituents is 1. The number of hydrogen-bond donors (Lipinski definition) is 3. The van der Waals surface area contributed by atoms with E-state index >= 15 is 0 Å². The van der Waals surface area contributed by atoms with Crippen molar-refractivity contribution in [3.05, 3.63) is 28.8 Å². The van der Waals surface area contributed by atoms with Crippen LogP contribution < -0.4 is 5.32 Å². The Balaban J connectivity index is 2.34. The molecule has 0 radical (unpaired) electrons. The van der Waals surface area contributed by atoms with Gasteiger partial charge in [0.2, 0.25) is 0 Å². The van der Waals surface area contributed by atoms with E-state index in [0.717, 1.165) is 36.1 Å². The van der Waals surface area contributed by atoms with Gasteiger partial charge < -0.3 is 15.5 Å². The first kappa shape index (κ1) is 21.7. The summed E-state index contributed by atoms with van der Waals surface area (Å²) in [5.41, 5.74) is 2.51. The Bertz CT molecular complexity index is 591. The molecule has 0 spiro atoms. The molecule has 0 saturated heterocycles. The molecule has 0 bridgehead atoms. The second-order valence-corrected chi connectivity index (χ2v) is 8.35. The van der Waals surface area contributed by atoms with Gasteiger partial charge in [-0.3, -0.25) is 4.79 Å². The summed E-state index contributed by atoms with van der Waals surface area (Å²) in [7, 11) is 0. The zero-order chi connectivity index (χ0) is 20.0. The molecule has 1 saturated carbocycles. The summed E-state index contributed by atoms with van der Waals surface area (Å²) < 4.78 is 0. The van der Waals surface area contributed by atoms with Gasteiger partial charge >= 0.3 is 5.97 Å². The van der Waals surface area contributed by atoms with E-state index in [-0.39, 0.29) is 11.8 Å². The Morgan fingerprint density at radius 1 is 1.07 bits per heavy atom. The van der Waals surface area contributed by atoms with E-state index < -0.39 is 12.0 Å². The number of benzene rings is 1. The van der Waals surface area contributed by atoms with Crippen molar-refractivity contribution in [2.24, 2.45) is 5.92 Å². The number of carboxylic acids is 1. The van der Waals surface area contributed by atoms with Crippen molar-refractivity contribution < 1.29 is 15.0 Å². The molecule has 0 aromatic heterocycles. The molecule has 1 aliphatic rings. The van der Waals surface area contributed by atoms with Crippen molar-refractivity contribution in [3.63, 3.8) is 0 Å². The lowest BCUT2D eigenvalue weighted by Gasteiger charge is -2.26. The van der Waals surface area contributed by atoms with Crippen LogP contribution in [0.25, 0.3) is 0 Å². The lowest BCUT2D eigenvalue weighted by Crippen LogP contribution is -2.33. The minimum atomic E-state index is -0.846. The summed E-state index contributed by atoms with van der Waals surface area (Å²) in [4.78, 5) is 12.0. The molecule has 1 aromatic rings. The van der Waals surface area contributed by atoms with E-state index in [4.69, 9.17) is 0 Å². The molecule has 2 rings (SSSR count). The van der Waals surface area contributed by atoms with Gasteiger partial charge in [-0.25, -0.2) is 0 Å². The Kier molecular flexibility index (Phi) is 8.15. The van der Waals surface area contributed by atoms with Crippen molar-refractivity contribution in [1.82, 2.24) is 5.32 Å². The first-order chi connectivity index (χ1) is 12.9. The number of phenols is 1. The van der Waals surface area contributed by atoms with Crippen LogP contribution in [0.4, 0.5) is 0 Å². The topological polar surface area (TPSA) is 69.6 Å². The third-order valence-corrected chi connectivity index (χ3v) is 6.39. The number of aromatic hydroxyl groups is 1. The van der Waals surface area contributed by atoms with Gasteiger partial charge in [0.25, 0.3) is 0 Å². The van der Waals surface area contributed by atoms with Crippen molar-refractivity contribution in [2.45, 2.75) is 90.5 Å². The predicted molar refractivity (Wildman–Crippen MR) is 110 cm³/mol. The molecule has 1 aliphatic carbocycles. The van der Waals surface area contributed by atoms with Gasteiger partial charge in [0.05, 0.1) is 0 Å². The molecule has 4 nitrogen and oxygen atoms in total. The van der Waals surface area contributed by atoms with Crippen LogP contribution in [0, 0.1) is 5.92 Å². The van der Waals surface area contributed by atoms with Crippen molar-refractivity contribution >= 4 is 5.97 Å². The van der Waals surface area contributed by atoms with Crippen LogP contribution in [0.15, 0.2) is 12.1 Å². The number of hydrogen-bond acceptors (Lipinski definition) is 3. The summed E-state index contributed by atoms with van der Waals surface area (Å²) >= 11 is 0. The molecule has 27 heavy (non-hydrogen) atoms. The van der Waals surface area contributed by atoms with Gasteiger partial charge in [0, 0.05) is 0 Å². The molecule has 3 atom stereocenters. The highest BCUT2D eigenvalue weighted by atomic mass is 16.4. The van der Waals surface area contributed by atoms with Gasteiger partial charge in [-0.15, -0.1) is 0 Å². The molecule has 4 heteroatoms. The van der Waals surface area contributed by atoms with E-state index in [1.165, 1.54) is 32.1 Å². The lowest BCUT2D eigenvalue weighted by atomic mass is 9.86. The molecular weight excluding hydrogens is 338 g/mol. The molecule has 152 valence electrons. The van der Waals surface area contributed by atoms with E-state index in [0.29, 0.717) is 11.7 Å². The zero-order valence-electron chi connectivity index (χ0n) is 17.4. The fourth-order valence-corrected chi connectivity index (χ4v) is 4.09. The van der Waals surface area contributed by atoms with Crippen LogP contribution in [0.3, 0.4) is 0 Å². The van der Waals surface area contributed by atoms with Crippen LogP contribution in [-0.2, 0) is 4.79 Å². The lowest BCUT2D eigenvalue weighted by molar-refractivity contribution is -0.139. The zero-order valence-corrected chi connectivity index (χ0v) is 17.4. The van der Waals surface area contributed by atoms with Crippen molar-refractivity contribution in [1.29, 1.82) is 0 Å². The summed E-state index contributed by atoms with van der Waals surface area (Å²) in [6, 6.07) is 3.09. The average molecular weight is 376 g/mol. The Hall–Kier alpha value is -1.55. The first-order valence-electron chi connectivity index (χ1n) is 10.7. The summed E-state index contributed by atoms with van der Waals surface area (Å²) in [5, 5.41) is 24.0. The van der Waals surface area contributed by atoms with Crippen molar-refractivity contribution in [3.8, 4) is 5.75 Å². The van der Waals surface area contributed by atoms with Gasteiger partial charge in [0.15, 0.2) is 0 Å². The van der Waals surface area contributed by atoms with E-state index in [2.05, 4.69) is 33.0 Å². The maximum atomic E-state index is 12.0. The molecule has 3 N–H and O–H groups in total. The highest BCUT2D eigenvalue weighted by Gasteiger charge is 2.26. The minimum Gasteiger partial charge on any atom is -0.507 e. The van der Waals surface area contributed by atoms with Crippen LogP contribution in [-0.4, -0.2) is 22.7 Å². The fraction of sp³-hybridized carbons (Fsp3) is 0.696. The maximum Gasteiger partial charge on any atom is 0.325 e. The molecule has 0 heterocycles. The predicted octanol–water partition coefficient (Wildman–Crippen LogP) is 5.71. The second-order valence-electron chi connectivity index (χ2n) is 8.35. The number of carboxylic acid groups (broad SMARTS) is 1. The average Bonchev–Trinajstić information content (AvgIpc) is 2.68. The van der Waals surface area contributed by atoms with E-state index in [1.807, 2.05) is 12.1 Å². The highest BCUT2D eigenvalue weighted by Crippen LogP contribution is 2.38. The second kappa shape index (κ2) is 10.1. The fourth-order valence-electron chi connectivity index (χ4n) is 4.09. The Morgan fingerprint density at radius 2 is 1.59 bits per heavy atom. The molecule has 1 fully saturated rings. The minimum absolute atomic E-state index is 0.195. The van der Waals surface area contributed by atoms with Crippen LogP contribution >= 0.6 is 0 Å². The van der Waals surface area contributed by atoms with Crippen LogP contribution in [0.1, 0.15) is 107 Å². The number of nitrogens with one attached hydrogen (secondary N) is 1. The Labute approximate surface area is 164 Å². The van der Waals surface area contributed by atoms with E-state index in [1.54, 1.807) is 0 Å². The normalized spacial score (nSPS) is 18.8. The summed E-state index contributed by atoms with van der Waals surface area (Å²) in [6.45, 7) is 9.11. The number of aliphatic carboxylic acids is 1. The quantitative estimate of drug-likeness (QED) is 0.517. The smallest absolute Gasteiger partial charge is 0.325 e. The van der Waals surface area contributed by atoms with Gasteiger partial charge in [0.1, 0.15) is 11.8 Å². The summed E-state index contributed by atoms with van der Waals surface area (Å²) in [6.07, 6.45) is 7.98. The standard InChI is InChI=1S/C23H37NO3/c1-5-15(3)19-12-18(13-20(22(19)25)16(4)6-2)21(23(26)27)24-14-17-10-8-7-9-11-17/h12-13,15-17,21,24-25H,5-11,14H2,1-4H3,(H,26,27). The van der Waals surface area contributed by atoms with Gasteiger partial charge in [-0.05, 0) is 78.8 Å². The van der Waals surface area contributed by atoms with Gasteiger partial charge in [-0.1, -0.05) is 47.0 Å². The largest absolute Gasteiger partial charge is 0.507 e. The molecule has 0 aliphatic heterocycles. The van der Waals surface area contributed by atoms with Crippen LogP contribution in [0.2, 0.25) is 0 Å². The van der Waals surface area contributed by atoms with E-state index in [9.17, 15) is 15.0 Å². The molecule has 1 aromatic carbocycles. The number of rotatable bonds is 9. The third kappa shape index (κ3) is 5.47. The molecule has 0 amide bonds. The monoisotopic (exact) mass is 375 g/mol. The summed E-state index contributed by atoms with van der Waals surface area (Å²) in [5.74, 6) is 0.461. The molecule has 3 unspecified atom stereocenters. The Morgan fingerprint density at radius 3 is 2.04 bits per heavy atom. The SMILES string of the molecule is CCC(C)c1cc(C(NCC2CCCCC2)C(=O)O)cc(C(C)CC)c1O. The molecular formula is C23H37NO3. The van der Waals surface area contributed by atoms with Gasteiger partial charge in [-0.2, -0.15) is 0 Å². The maximum absolute atomic E-state index is 12.0. The van der Waals surface area contributed by atoms with Crippen LogP contribution in [0.5, 0.6) is 5.75 Å². The highest BCUT2D eigenvalue weighted by molar-refractivity contribution is 5.76. The van der Waals surface area contributed by atoms with Crippen molar-refractivity contribution in [2.75, 3.05) is 6.54 Å². The number of carbonyl (C=O) groups is 1.